The van der Waals surface area contributed by atoms with Crippen LogP contribution in [0.15, 0.2) is 84.2 Å². The van der Waals surface area contributed by atoms with Gasteiger partial charge in [-0.2, -0.15) is 9.55 Å². The van der Waals surface area contributed by atoms with Crippen molar-refractivity contribution < 1.29 is 9.67 Å². The van der Waals surface area contributed by atoms with Crippen molar-refractivity contribution in [2.75, 3.05) is 0 Å². The number of aromatic nitrogens is 3. The molecule has 2 aromatic heterocycles. The van der Waals surface area contributed by atoms with Crippen molar-refractivity contribution in [3.63, 3.8) is 0 Å². The molecule has 0 aliphatic heterocycles. The van der Waals surface area contributed by atoms with Gasteiger partial charge in [-0.25, -0.2) is 0 Å². The fraction of sp³-hybridized carbons (Fsp3) is 0. The molecule has 0 saturated carbocycles. The Morgan fingerprint density at radius 1 is 0.917 bits per heavy atom. The highest BCUT2D eigenvalue weighted by Crippen LogP contribution is 2.14. The summed E-state index contributed by atoms with van der Waals surface area (Å²) in [6.45, 7) is 0. The molecule has 0 saturated heterocycles. The van der Waals surface area contributed by atoms with Crippen LogP contribution in [0.5, 0.6) is 5.88 Å². The molecule has 0 aliphatic rings. The Bertz CT molecular complexity index is 1090. The third kappa shape index (κ3) is 2.32. The maximum atomic E-state index is 12.9. The van der Waals surface area contributed by atoms with Crippen molar-refractivity contribution in [1.82, 2.24) is 9.55 Å². The smallest absolute Gasteiger partial charge is 0.339 e. The van der Waals surface area contributed by atoms with Gasteiger partial charge in [0, 0.05) is 11.5 Å². The lowest BCUT2D eigenvalue weighted by Crippen LogP contribution is -2.39. The highest BCUT2D eigenvalue weighted by molar-refractivity contribution is 5.80. The van der Waals surface area contributed by atoms with Gasteiger partial charge in [-0.3, -0.25) is 9.36 Å². The summed E-state index contributed by atoms with van der Waals surface area (Å²) in [5.74, 6) is -0.299. The monoisotopic (exact) mass is 316 g/mol. The van der Waals surface area contributed by atoms with Crippen molar-refractivity contribution in [3.8, 4) is 17.3 Å². The maximum absolute atomic E-state index is 12.9. The van der Waals surface area contributed by atoms with Crippen molar-refractivity contribution in [3.05, 3.63) is 89.7 Å². The first kappa shape index (κ1) is 14.1. The predicted octanol–water partition coefficient (Wildman–Crippen LogP) is 2.37. The molecule has 0 fully saturated rings. The predicted molar refractivity (Wildman–Crippen MR) is 90.5 cm³/mol. The zero-order valence-electron chi connectivity index (χ0n) is 12.7. The standard InChI is InChI=1S/C19H13N3O2/c23-18-17(21-11-10-14-6-4-5-7-15(14)12-21)19(24)22(13-20-18)16-8-2-1-3-9-16/h1-13H/p+1. The molecule has 5 heteroatoms. The molecule has 0 unspecified atom stereocenters. The first-order valence-electron chi connectivity index (χ1n) is 7.50. The van der Waals surface area contributed by atoms with Crippen LogP contribution in [0, 0.1) is 0 Å². The van der Waals surface area contributed by atoms with Crippen molar-refractivity contribution in [2.24, 2.45) is 0 Å². The first-order chi connectivity index (χ1) is 11.7. The zero-order chi connectivity index (χ0) is 16.5. The molecule has 0 atom stereocenters. The van der Waals surface area contributed by atoms with Crippen LogP contribution in [0.2, 0.25) is 0 Å². The average Bonchev–Trinajstić information content (AvgIpc) is 2.62. The molecule has 24 heavy (non-hydrogen) atoms. The molecule has 116 valence electrons. The van der Waals surface area contributed by atoms with E-state index < -0.39 is 0 Å². The van der Waals surface area contributed by atoms with Gasteiger partial charge in [-0.1, -0.05) is 36.4 Å². The van der Waals surface area contributed by atoms with E-state index in [2.05, 4.69) is 4.98 Å². The summed E-state index contributed by atoms with van der Waals surface area (Å²) in [4.78, 5) is 16.8. The molecular formula is C19H14N3O2+. The second kappa shape index (κ2) is 5.62. The number of aromatic hydroxyl groups is 1. The van der Waals surface area contributed by atoms with E-state index in [1.54, 1.807) is 10.8 Å². The van der Waals surface area contributed by atoms with Crippen LogP contribution in [0.25, 0.3) is 22.1 Å². The highest BCUT2D eigenvalue weighted by atomic mass is 16.3. The van der Waals surface area contributed by atoms with Crippen LogP contribution in [0.4, 0.5) is 0 Å². The van der Waals surface area contributed by atoms with Gasteiger partial charge in [-0.05, 0) is 23.6 Å². The second-order valence-corrected chi connectivity index (χ2v) is 5.41. The molecule has 0 radical (unpaired) electrons. The van der Waals surface area contributed by atoms with Crippen LogP contribution < -0.4 is 10.1 Å². The van der Waals surface area contributed by atoms with Crippen LogP contribution in [-0.4, -0.2) is 14.7 Å². The molecule has 2 heterocycles. The molecule has 0 amide bonds. The summed E-state index contributed by atoms with van der Waals surface area (Å²) in [6, 6.07) is 18.9. The Morgan fingerprint density at radius 2 is 1.62 bits per heavy atom. The lowest BCUT2D eigenvalue weighted by atomic mass is 10.2. The van der Waals surface area contributed by atoms with E-state index in [9.17, 15) is 9.90 Å². The van der Waals surface area contributed by atoms with E-state index in [-0.39, 0.29) is 17.1 Å². The van der Waals surface area contributed by atoms with E-state index in [0.29, 0.717) is 5.69 Å². The third-order valence-corrected chi connectivity index (χ3v) is 3.91. The van der Waals surface area contributed by atoms with Crippen LogP contribution in [0.1, 0.15) is 0 Å². The average molecular weight is 316 g/mol. The summed E-state index contributed by atoms with van der Waals surface area (Å²) in [5, 5.41) is 12.2. The lowest BCUT2D eigenvalue weighted by molar-refractivity contribution is -0.596. The molecule has 0 spiro atoms. The number of hydrogen-bond donors (Lipinski definition) is 1. The van der Waals surface area contributed by atoms with E-state index in [1.165, 1.54) is 10.9 Å². The number of fused-ring (bicyclic) bond motifs is 1. The highest BCUT2D eigenvalue weighted by Gasteiger charge is 2.22. The van der Waals surface area contributed by atoms with Gasteiger partial charge in [0.2, 0.25) is 0 Å². The minimum atomic E-state index is -0.339. The van der Waals surface area contributed by atoms with Gasteiger partial charge in [0.15, 0.2) is 12.4 Å². The molecule has 0 aliphatic carbocycles. The Labute approximate surface area is 137 Å². The number of nitrogens with zero attached hydrogens (tertiary/aromatic N) is 3. The van der Waals surface area contributed by atoms with Gasteiger partial charge in [0.25, 0.3) is 5.88 Å². The van der Waals surface area contributed by atoms with Crippen LogP contribution in [-0.2, 0) is 0 Å². The van der Waals surface area contributed by atoms with Crippen molar-refractivity contribution >= 4 is 10.8 Å². The SMILES string of the molecule is O=c1c(-[n+]2ccc3ccccc3c2)c(O)ncn1-c1ccccc1. The van der Waals surface area contributed by atoms with Crippen LogP contribution >= 0.6 is 0 Å². The third-order valence-electron chi connectivity index (χ3n) is 3.91. The topological polar surface area (TPSA) is 59.0 Å². The summed E-state index contributed by atoms with van der Waals surface area (Å²) in [6.07, 6.45) is 4.89. The van der Waals surface area contributed by atoms with Gasteiger partial charge in [0.1, 0.15) is 6.33 Å². The summed E-state index contributed by atoms with van der Waals surface area (Å²) >= 11 is 0. The largest absolute Gasteiger partial charge is 0.488 e. The van der Waals surface area contributed by atoms with Gasteiger partial charge in [-0.15, -0.1) is 0 Å². The fourth-order valence-electron chi connectivity index (χ4n) is 2.71. The van der Waals surface area contributed by atoms with E-state index in [4.69, 9.17) is 0 Å². The van der Waals surface area contributed by atoms with Gasteiger partial charge >= 0.3 is 11.2 Å². The molecule has 0 bridgehead atoms. The Kier molecular flexibility index (Phi) is 3.31. The summed E-state index contributed by atoms with van der Waals surface area (Å²) < 4.78 is 3.02. The normalized spacial score (nSPS) is 10.8. The molecule has 2 aromatic carbocycles. The quantitative estimate of drug-likeness (QED) is 0.578. The molecule has 4 aromatic rings. The van der Waals surface area contributed by atoms with E-state index >= 15 is 0 Å². The second-order valence-electron chi connectivity index (χ2n) is 5.41. The Hall–Kier alpha value is -3.47. The lowest BCUT2D eigenvalue weighted by Gasteiger charge is -2.06. The number of para-hydroxylation sites is 1. The number of benzene rings is 2. The number of pyridine rings is 1. The fourth-order valence-corrected chi connectivity index (χ4v) is 2.71. The maximum Gasteiger partial charge on any atom is 0.339 e. The van der Waals surface area contributed by atoms with E-state index in [1.807, 2.05) is 66.9 Å². The van der Waals surface area contributed by atoms with Crippen molar-refractivity contribution in [2.45, 2.75) is 0 Å². The summed E-state index contributed by atoms with van der Waals surface area (Å²) in [7, 11) is 0. The molecule has 1 N–H and O–H groups in total. The number of hydrogen-bond acceptors (Lipinski definition) is 3. The van der Waals surface area contributed by atoms with Crippen LogP contribution in [0.3, 0.4) is 0 Å². The Morgan fingerprint density at radius 3 is 2.42 bits per heavy atom. The zero-order valence-corrected chi connectivity index (χ0v) is 12.7. The molecular weight excluding hydrogens is 302 g/mol. The Balaban J connectivity index is 1.95. The van der Waals surface area contributed by atoms with E-state index in [0.717, 1.165) is 10.8 Å². The summed E-state index contributed by atoms with van der Waals surface area (Å²) in [5.41, 5.74) is 0.471. The van der Waals surface area contributed by atoms with Gasteiger partial charge in [0.05, 0.1) is 5.69 Å². The van der Waals surface area contributed by atoms with Gasteiger partial charge < -0.3 is 5.11 Å². The van der Waals surface area contributed by atoms with Crippen molar-refractivity contribution in [1.29, 1.82) is 0 Å². The molecule has 4 rings (SSSR count). The minimum Gasteiger partial charge on any atom is -0.488 e. The molecule has 5 nitrogen and oxygen atoms in total. The first-order valence-corrected chi connectivity index (χ1v) is 7.50. The minimum absolute atomic E-state index is 0.118. The number of rotatable bonds is 2.